The van der Waals surface area contributed by atoms with Gasteiger partial charge in [0.15, 0.2) is 5.82 Å². The van der Waals surface area contributed by atoms with E-state index in [1.807, 2.05) is 0 Å². The van der Waals surface area contributed by atoms with Crippen molar-refractivity contribution in [2.24, 2.45) is 0 Å². The molecule has 0 radical (unpaired) electrons. The number of aromatic nitrogens is 2. The molecule has 1 N–H and O–H groups in total. The molecule has 0 aromatic carbocycles. The summed E-state index contributed by atoms with van der Waals surface area (Å²) in [5, 5.41) is 9.52. The van der Waals surface area contributed by atoms with Crippen LogP contribution in [-0.4, -0.2) is 16.2 Å². The number of carbonyl (C=O) groups excluding carboxylic acids is 1. The van der Waals surface area contributed by atoms with E-state index in [2.05, 4.69) is 20.3 Å². The number of hydrogen-bond donors (Lipinski definition) is 1. The number of aryl methyl sites for hydroxylation is 1. The van der Waals surface area contributed by atoms with E-state index in [0.717, 1.165) is 0 Å². The van der Waals surface area contributed by atoms with Crippen LogP contribution < -0.4 is 5.32 Å². The Morgan fingerprint density at radius 1 is 1.64 bits per heavy atom. The summed E-state index contributed by atoms with van der Waals surface area (Å²) in [6.45, 7) is 3.47. The van der Waals surface area contributed by atoms with Crippen molar-refractivity contribution in [1.29, 1.82) is 0 Å². The van der Waals surface area contributed by atoms with Crippen LogP contribution in [-0.2, 0) is 4.79 Å². The Morgan fingerprint density at radius 2 is 2.36 bits per heavy atom. The number of hydrogen-bond acceptors (Lipinski definition) is 4. The first-order valence-electron chi connectivity index (χ1n) is 3.33. The van der Waals surface area contributed by atoms with Crippen LogP contribution in [0.25, 0.3) is 0 Å². The Kier molecular flexibility index (Phi) is 2.20. The lowest BCUT2D eigenvalue weighted by atomic mass is 10.4. The average molecular weight is 155 g/mol. The summed E-state index contributed by atoms with van der Waals surface area (Å²) >= 11 is 0. The normalized spacial score (nSPS) is 9.64. The van der Waals surface area contributed by atoms with Gasteiger partial charge in [0.05, 0.1) is 0 Å². The molecule has 0 aliphatic heterocycles. The zero-order chi connectivity index (χ0) is 8.27. The molecular formula is C6H9N3O2. The lowest BCUT2D eigenvalue weighted by Crippen LogP contribution is -2.10. The Labute approximate surface area is 63.7 Å². The predicted octanol–water partition coefficient (Wildman–Crippen LogP) is 0.727. The van der Waals surface area contributed by atoms with Crippen molar-refractivity contribution in [2.75, 3.05) is 5.32 Å². The SMILES string of the molecule is CCC(=O)Nc1nonc1C. The van der Waals surface area contributed by atoms with Crippen LogP contribution in [0.4, 0.5) is 5.82 Å². The lowest BCUT2D eigenvalue weighted by molar-refractivity contribution is -0.115. The lowest BCUT2D eigenvalue weighted by Gasteiger charge is -1.95. The average Bonchev–Trinajstić information content (AvgIpc) is 2.37. The van der Waals surface area contributed by atoms with Crippen LogP contribution in [0.3, 0.4) is 0 Å². The molecule has 1 aromatic heterocycles. The second kappa shape index (κ2) is 3.14. The van der Waals surface area contributed by atoms with Crippen molar-refractivity contribution in [3.63, 3.8) is 0 Å². The summed E-state index contributed by atoms with van der Waals surface area (Å²) in [6.07, 6.45) is 0.423. The number of rotatable bonds is 2. The number of carbonyl (C=O) groups is 1. The molecule has 1 rings (SSSR count). The monoisotopic (exact) mass is 155 g/mol. The third kappa shape index (κ3) is 1.76. The fraction of sp³-hybridized carbons (Fsp3) is 0.500. The van der Waals surface area contributed by atoms with E-state index in [-0.39, 0.29) is 5.91 Å². The quantitative estimate of drug-likeness (QED) is 0.683. The Bertz CT molecular complexity index is 256. The van der Waals surface area contributed by atoms with Gasteiger partial charge >= 0.3 is 0 Å². The number of amides is 1. The van der Waals surface area contributed by atoms with Gasteiger partial charge in [-0.2, -0.15) is 0 Å². The van der Waals surface area contributed by atoms with Gasteiger partial charge in [-0.25, -0.2) is 4.63 Å². The van der Waals surface area contributed by atoms with Crippen molar-refractivity contribution in [2.45, 2.75) is 20.3 Å². The van der Waals surface area contributed by atoms with E-state index in [0.29, 0.717) is 17.9 Å². The highest BCUT2D eigenvalue weighted by molar-refractivity contribution is 5.89. The fourth-order valence-electron chi connectivity index (χ4n) is 0.565. The van der Waals surface area contributed by atoms with E-state index in [1.165, 1.54) is 0 Å². The molecule has 1 heterocycles. The van der Waals surface area contributed by atoms with E-state index in [4.69, 9.17) is 0 Å². The molecule has 0 bridgehead atoms. The highest BCUT2D eigenvalue weighted by Gasteiger charge is 2.06. The molecule has 0 aliphatic rings. The topological polar surface area (TPSA) is 68.0 Å². The largest absolute Gasteiger partial charge is 0.306 e. The van der Waals surface area contributed by atoms with E-state index in [1.54, 1.807) is 13.8 Å². The molecule has 0 saturated carbocycles. The fourth-order valence-corrected chi connectivity index (χ4v) is 0.565. The Balaban J connectivity index is 2.64. The molecule has 60 valence electrons. The molecular weight excluding hydrogens is 146 g/mol. The van der Waals surface area contributed by atoms with Crippen molar-refractivity contribution in [3.05, 3.63) is 5.69 Å². The molecule has 5 heteroatoms. The first-order chi connectivity index (χ1) is 5.24. The Morgan fingerprint density at radius 3 is 2.82 bits per heavy atom. The van der Waals surface area contributed by atoms with Crippen LogP contribution in [0.5, 0.6) is 0 Å². The molecule has 0 saturated heterocycles. The smallest absolute Gasteiger partial charge is 0.225 e. The minimum absolute atomic E-state index is 0.0937. The maximum absolute atomic E-state index is 10.8. The van der Waals surface area contributed by atoms with Crippen molar-refractivity contribution < 1.29 is 9.42 Å². The molecule has 0 aliphatic carbocycles. The first kappa shape index (κ1) is 7.71. The second-order valence-electron chi connectivity index (χ2n) is 2.10. The van der Waals surface area contributed by atoms with Crippen LogP contribution >= 0.6 is 0 Å². The summed E-state index contributed by atoms with van der Waals surface area (Å²) in [5.41, 5.74) is 0.590. The van der Waals surface area contributed by atoms with E-state index in [9.17, 15) is 4.79 Å². The molecule has 5 nitrogen and oxygen atoms in total. The summed E-state index contributed by atoms with van der Waals surface area (Å²) in [6, 6.07) is 0. The zero-order valence-corrected chi connectivity index (χ0v) is 6.42. The maximum Gasteiger partial charge on any atom is 0.225 e. The van der Waals surface area contributed by atoms with Crippen LogP contribution in [0, 0.1) is 6.92 Å². The summed E-state index contributed by atoms with van der Waals surface area (Å²) < 4.78 is 4.38. The predicted molar refractivity (Wildman–Crippen MR) is 38.0 cm³/mol. The van der Waals surface area contributed by atoms with Gasteiger partial charge in [-0.1, -0.05) is 12.1 Å². The van der Waals surface area contributed by atoms with Gasteiger partial charge in [0.1, 0.15) is 5.69 Å². The van der Waals surface area contributed by atoms with Gasteiger partial charge < -0.3 is 5.32 Å². The number of anilines is 1. The van der Waals surface area contributed by atoms with Crippen LogP contribution in [0.15, 0.2) is 4.63 Å². The summed E-state index contributed by atoms with van der Waals surface area (Å²) in [4.78, 5) is 10.8. The number of nitrogens with one attached hydrogen (secondary N) is 1. The van der Waals surface area contributed by atoms with Crippen molar-refractivity contribution >= 4 is 11.7 Å². The highest BCUT2D eigenvalue weighted by atomic mass is 16.6. The second-order valence-corrected chi connectivity index (χ2v) is 2.10. The van der Waals surface area contributed by atoms with Crippen LogP contribution in [0.2, 0.25) is 0 Å². The molecule has 1 amide bonds. The minimum Gasteiger partial charge on any atom is -0.306 e. The Hall–Kier alpha value is -1.39. The standard InChI is InChI=1S/C6H9N3O2/c1-3-5(10)7-6-4(2)8-11-9-6/h3H2,1-2H3,(H,7,9,10). The van der Waals surface area contributed by atoms with Crippen molar-refractivity contribution in [1.82, 2.24) is 10.3 Å². The van der Waals surface area contributed by atoms with Crippen molar-refractivity contribution in [3.8, 4) is 0 Å². The van der Waals surface area contributed by atoms with Gasteiger partial charge in [-0.05, 0) is 12.1 Å². The van der Waals surface area contributed by atoms with Gasteiger partial charge in [0.2, 0.25) is 5.91 Å². The van der Waals surface area contributed by atoms with E-state index >= 15 is 0 Å². The third-order valence-electron chi connectivity index (χ3n) is 1.23. The molecule has 0 atom stereocenters. The van der Waals surface area contributed by atoms with Gasteiger partial charge in [0, 0.05) is 6.42 Å². The molecule has 0 unspecified atom stereocenters. The highest BCUT2D eigenvalue weighted by Crippen LogP contribution is 2.06. The molecule has 0 spiro atoms. The molecule has 1 aromatic rings. The summed E-state index contributed by atoms with van der Waals surface area (Å²) in [5.74, 6) is 0.306. The maximum atomic E-state index is 10.8. The van der Waals surface area contributed by atoms with Gasteiger partial charge in [-0.15, -0.1) is 0 Å². The minimum atomic E-state index is -0.0937. The zero-order valence-electron chi connectivity index (χ0n) is 6.42. The van der Waals surface area contributed by atoms with Gasteiger partial charge in [-0.3, -0.25) is 4.79 Å². The summed E-state index contributed by atoms with van der Waals surface area (Å²) in [7, 11) is 0. The van der Waals surface area contributed by atoms with Crippen LogP contribution in [0.1, 0.15) is 19.0 Å². The third-order valence-corrected chi connectivity index (χ3v) is 1.23. The molecule has 0 fully saturated rings. The molecule has 11 heavy (non-hydrogen) atoms. The first-order valence-corrected chi connectivity index (χ1v) is 3.33. The van der Waals surface area contributed by atoms with E-state index < -0.39 is 0 Å². The number of nitrogens with zero attached hydrogens (tertiary/aromatic N) is 2. The van der Waals surface area contributed by atoms with Gasteiger partial charge in [0.25, 0.3) is 0 Å².